The number of hydrogen-bond donors (Lipinski definition) is 2. The number of hydrogen-bond acceptors (Lipinski definition) is 3. The minimum Gasteiger partial charge on any atom is -0.387 e. The first-order valence-corrected chi connectivity index (χ1v) is 7.33. The Morgan fingerprint density at radius 2 is 2.05 bits per heavy atom. The van der Waals surface area contributed by atoms with Crippen LogP contribution in [-0.2, 0) is 6.42 Å². The van der Waals surface area contributed by atoms with E-state index in [1.54, 1.807) is 0 Å². The van der Waals surface area contributed by atoms with Gasteiger partial charge >= 0.3 is 0 Å². The second-order valence-electron chi connectivity index (χ2n) is 4.34. The quantitative estimate of drug-likeness (QED) is 0.799. The summed E-state index contributed by atoms with van der Waals surface area (Å²) in [5, 5.41) is 12.9. The van der Waals surface area contributed by atoms with Crippen LogP contribution in [0.4, 0.5) is 8.78 Å². The van der Waals surface area contributed by atoms with Crippen LogP contribution < -0.4 is 5.32 Å². The molecule has 108 valence electrons. The van der Waals surface area contributed by atoms with E-state index in [2.05, 4.69) is 5.32 Å². The van der Waals surface area contributed by atoms with E-state index in [4.69, 9.17) is 11.6 Å². The summed E-state index contributed by atoms with van der Waals surface area (Å²) in [6, 6.07) is 6.83. The maximum Gasteiger partial charge on any atom is 0.129 e. The van der Waals surface area contributed by atoms with E-state index in [-0.39, 0.29) is 12.1 Å². The third kappa shape index (κ3) is 4.24. The molecule has 0 spiro atoms. The largest absolute Gasteiger partial charge is 0.387 e. The molecule has 0 saturated heterocycles. The van der Waals surface area contributed by atoms with Crippen LogP contribution in [0.2, 0.25) is 4.34 Å². The molecule has 0 aliphatic heterocycles. The van der Waals surface area contributed by atoms with Crippen LogP contribution >= 0.6 is 22.9 Å². The lowest BCUT2D eigenvalue weighted by Gasteiger charge is -2.13. The standard InChI is InChI=1S/C14H14ClF2NOS/c15-14-4-2-10(20-14)5-6-18-8-13(19)11-7-9(16)1-3-12(11)17/h1-4,7,13,18-19H,5-6,8H2. The molecule has 1 aromatic carbocycles. The van der Waals surface area contributed by atoms with Crippen molar-refractivity contribution in [3.8, 4) is 0 Å². The van der Waals surface area contributed by atoms with Crippen LogP contribution in [-0.4, -0.2) is 18.2 Å². The highest BCUT2D eigenvalue weighted by atomic mass is 35.5. The van der Waals surface area contributed by atoms with Gasteiger partial charge in [0.2, 0.25) is 0 Å². The summed E-state index contributed by atoms with van der Waals surface area (Å²) in [6.45, 7) is 0.796. The number of rotatable bonds is 6. The zero-order valence-electron chi connectivity index (χ0n) is 10.6. The average molecular weight is 318 g/mol. The van der Waals surface area contributed by atoms with Crippen molar-refractivity contribution in [1.82, 2.24) is 5.32 Å². The van der Waals surface area contributed by atoms with Gasteiger partial charge < -0.3 is 10.4 Å². The molecule has 0 bridgehead atoms. The lowest BCUT2D eigenvalue weighted by Crippen LogP contribution is -2.24. The van der Waals surface area contributed by atoms with Crippen LogP contribution in [0, 0.1) is 11.6 Å². The Bertz CT molecular complexity index is 576. The number of aliphatic hydroxyl groups is 1. The van der Waals surface area contributed by atoms with Crippen molar-refractivity contribution in [3.05, 3.63) is 56.7 Å². The van der Waals surface area contributed by atoms with Crippen LogP contribution in [0.25, 0.3) is 0 Å². The highest BCUT2D eigenvalue weighted by Gasteiger charge is 2.13. The van der Waals surface area contributed by atoms with Crippen molar-refractivity contribution in [2.24, 2.45) is 0 Å². The van der Waals surface area contributed by atoms with Crippen LogP contribution in [0.3, 0.4) is 0 Å². The van der Waals surface area contributed by atoms with Gasteiger partial charge in [-0.1, -0.05) is 11.6 Å². The summed E-state index contributed by atoms with van der Waals surface area (Å²) in [6.07, 6.45) is -0.298. The predicted molar refractivity (Wildman–Crippen MR) is 77.2 cm³/mol. The van der Waals surface area contributed by atoms with Gasteiger partial charge in [-0.15, -0.1) is 11.3 Å². The summed E-state index contributed by atoms with van der Waals surface area (Å²) < 4.78 is 27.2. The zero-order chi connectivity index (χ0) is 14.5. The molecule has 0 saturated carbocycles. The molecular formula is C14H14ClF2NOS. The molecule has 1 aromatic heterocycles. The molecule has 2 N–H and O–H groups in total. The van der Waals surface area contributed by atoms with Crippen molar-refractivity contribution in [2.45, 2.75) is 12.5 Å². The summed E-state index contributed by atoms with van der Waals surface area (Å²) in [5.41, 5.74) is -0.0309. The molecule has 2 nitrogen and oxygen atoms in total. The minimum absolute atomic E-state index is 0.0309. The van der Waals surface area contributed by atoms with E-state index >= 15 is 0 Å². The van der Waals surface area contributed by atoms with E-state index < -0.39 is 17.7 Å². The first-order valence-electron chi connectivity index (χ1n) is 6.14. The minimum atomic E-state index is -1.07. The maximum absolute atomic E-state index is 13.4. The van der Waals surface area contributed by atoms with Crippen LogP contribution in [0.5, 0.6) is 0 Å². The molecule has 0 aliphatic carbocycles. The second kappa shape index (κ2) is 7.13. The maximum atomic E-state index is 13.4. The number of benzene rings is 1. The Morgan fingerprint density at radius 1 is 1.25 bits per heavy atom. The summed E-state index contributed by atoms with van der Waals surface area (Å²) in [5.74, 6) is -1.17. The smallest absolute Gasteiger partial charge is 0.129 e. The van der Waals surface area contributed by atoms with Crippen molar-refractivity contribution < 1.29 is 13.9 Å². The predicted octanol–water partition coefficient (Wildman–Crippen LogP) is 3.55. The molecule has 6 heteroatoms. The Labute approximate surface area is 125 Å². The van der Waals surface area contributed by atoms with Gasteiger partial charge in [0, 0.05) is 23.5 Å². The highest BCUT2D eigenvalue weighted by Crippen LogP contribution is 2.21. The first-order chi connectivity index (χ1) is 9.56. The van der Waals surface area contributed by atoms with Crippen molar-refractivity contribution in [1.29, 1.82) is 0 Å². The molecule has 0 fully saturated rings. The molecule has 1 unspecified atom stereocenters. The van der Waals surface area contributed by atoms with E-state index in [1.807, 2.05) is 12.1 Å². The van der Waals surface area contributed by atoms with E-state index in [1.165, 1.54) is 11.3 Å². The fraction of sp³-hybridized carbons (Fsp3) is 0.286. The Morgan fingerprint density at radius 3 is 2.75 bits per heavy atom. The van der Waals surface area contributed by atoms with Crippen LogP contribution in [0.1, 0.15) is 16.5 Å². The van der Waals surface area contributed by atoms with Gasteiger partial charge in [-0.25, -0.2) is 8.78 Å². The Kier molecular flexibility index (Phi) is 5.48. The van der Waals surface area contributed by atoms with Crippen molar-refractivity contribution >= 4 is 22.9 Å². The van der Waals surface area contributed by atoms with Gasteiger partial charge in [-0.05, 0) is 36.8 Å². The summed E-state index contributed by atoms with van der Waals surface area (Å²) in [4.78, 5) is 1.13. The topological polar surface area (TPSA) is 32.3 Å². The number of halogens is 3. The lowest BCUT2D eigenvalue weighted by molar-refractivity contribution is 0.170. The van der Waals surface area contributed by atoms with Crippen molar-refractivity contribution in [2.75, 3.05) is 13.1 Å². The molecule has 0 amide bonds. The fourth-order valence-electron chi connectivity index (χ4n) is 1.82. The first kappa shape index (κ1) is 15.4. The molecule has 2 rings (SSSR count). The van der Waals surface area contributed by atoms with Gasteiger partial charge in [0.25, 0.3) is 0 Å². The number of thiophene rings is 1. The molecular weight excluding hydrogens is 304 g/mol. The normalized spacial score (nSPS) is 12.6. The molecule has 1 heterocycles. The van der Waals surface area contributed by atoms with Gasteiger partial charge in [-0.3, -0.25) is 0 Å². The van der Waals surface area contributed by atoms with Gasteiger partial charge in [-0.2, -0.15) is 0 Å². The zero-order valence-corrected chi connectivity index (χ0v) is 12.1. The fourth-order valence-corrected chi connectivity index (χ4v) is 2.90. The SMILES string of the molecule is OC(CNCCc1ccc(Cl)s1)c1cc(F)ccc1F. The highest BCUT2D eigenvalue weighted by molar-refractivity contribution is 7.16. The molecule has 1 atom stereocenters. The van der Waals surface area contributed by atoms with E-state index in [9.17, 15) is 13.9 Å². The van der Waals surface area contributed by atoms with Crippen LogP contribution in [0.15, 0.2) is 30.3 Å². The number of nitrogens with one attached hydrogen (secondary N) is 1. The molecule has 0 radical (unpaired) electrons. The average Bonchev–Trinajstić information content (AvgIpc) is 2.83. The van der Waals surface area contributed by atoms with Gasteiger partial charge in [0.15, 0.2) is 0 Å². The second-order valence-corrected chi connectivity index (χ2v) is 6.14. The van der Waals surface area contributed by atoms with Gasteiger partial charge in [0.05, 0.1) is 10.4 Å². The summed E-state index contributed by atoms with van der Waals surface area (Å²) in [7, 11) is 0. The third-order valence-electron chi connectivity index (χ3n) is 2.83. The van der Waals surface area contributed by atoms with E-state index in [0.29, 0.717) is 6.54 Å². The van der Waals surface area contributed by atoms with Gasteiger partial charge in [0.1, 0.15) is 11.6 Å². The summed E-state index contributed by atoms with van der Waals surface area (Å²) >= 11 is 7.32. The third-order valence-corrected chi connectivity index (χ3v) is 4.12. The molecule has 20 heavy (non-hydrogen) atoms. The lowest BCUT2D eigenvalue weighted by atomic mass is 10.1. The monoisotopic (exact) mass is 317 g/mol. The van der Waals surface area contributed by atoms with E-state index in [0.717, 1.165) is 33.8 Å². The molecule has 2 aromatic rings. The molecule has 0 aliphatic rings. The Balaban J connectivity index is 1.80. The Hall–Kier alpha value is -1.01. The van der Waals surface area contributed by atoms with Crippen molar-refractivity contribution in [3.63, 3.8) is 0 Å². The number of aliphatic hydroxyl groups excluding tert-OH is 1.